The monoisotopic (exact) mass is 291 g/mol. The van der Waals surface area contributed by atoms with E-state index in [0.717, 1.165) is 19.3 Å². The minimum absolute atomic E-state index is 0.113. The van der Waals surface area contributed by atoms with Gasteiger partial charge in [-0.1, -0.05) is 19.8 Å². The van der Waals surface area contributed by atoms with Crippen LogP contribution < -0.4 is 5.73 Å². The molecule has 0 aromatic heterocycles. The van der Waals surface area contributed by atoms with Crippen molar-refractivity contribution in [3.05, 3.63) is 33.9 Å². The van der Waals surface area contributed by atoms with Crippen molar-refractivity contribution in [2.24, 2.45) is 5.92 Å². The number of nitrogens with zero attached hydrogens (tertiary/aromatic N) is 2. The molecule has 6 nitrogen and oxygen atoms in total. The maximum absolute atomic E-state index is 12.6. The van der Waals surface area contributed by atoms with Gasteiger partial charge in [-0.25, -0.2) is 0 Å². The Labute approximate surface area is 124 Å². The van der Waals surface area contributed by atoms with Crippen molar-refractivity contribution in [2.45, 2.75) is 38.6 Å². The lowest BCUT2D eigenvalue weighted by molar-refractivity contribution is -0.384. The smallest absolute Gasteiger partial charge is 0.270 e. The molecule has 1 aliphatic rings. The molecule has 0 heterocycles. The molecular weight excluding hydrogens is 270 g/mol. The Hall–Kier alpha value is -2.11. The Morgan fingerprint density at radius 2 is 2.05 bits per heavy atom. The molecule has 1 amide bonds. The molecule has 21 heavy (non-hydrogen) atoms. The Morgan fingerprint density at radius 1 is 1.38 bits per heavy atom. The second-order valence-electron chi connectivity index (χ2n) is 5.77. The van der Waals surface area contributed by atoms with Crippen LogP contribution in [0.15, 0.2) is 18.2 Å². The first-order chi connectivity index (χ1) is 9.91. The van der Waals surface area contributed by atoms with Crippen LogP contribution in [0.1, 0.15) is 43.0 Å². The molecule has 2 N–H and O–H groups in total. The first-order valence-corrected chi connectivity index (χ1v) is 7.23. The molecule has 2 rings (SSSR count). The number of nitrogen functional groups attached to an aromatic ring is 1. The zero-order valence-electron chi connectivity index (χ0n) is 12.4. The van der Waals surface area contributed by atoms with E-state index >= 15 is 0 Å². The summed E-state index contributed by atoms with van der Waals surface area (Å²) in [7, 11) is 1.76. The first kappa shape index (κ1) is 15.3. The molecule has 0 spiro atoms. The summed E-state index contributed by atoms with van der Waals surface area (Å²) in [6, 6.07) is 4.17. The number of non-ortho nitro benzene ring substituents is 1. The van der Waals surface area contributed by atoms with Crippen molar-refractivity contribution >= 4 is 17.3 Å². The van der Waals surface area contributed by atoms with Gasteiger partial charge >= 0.3 is 0 Å². The third-order valence-electron chi connectivity index (χ3n) is 4.36. The number of hydrogen-bond acceptors (Lipinski definition) is 4. The van der Waals surface area contributed by atoms with Crippen molar-refractivity contribution < 1.29 is 9.72 Å². The molecule has 0 bridgehead atoms. The van der Waals surface area contributed by atoms with E-state index in [0.29, 0.717) is 5.92 Å². The lowest BCUT2D eigenvalue weighted by Gasteiger charge is -2.36. The van der Waals surface area contributed by atoms with E-state index in [1.807, 2.05) is 0 Å². The maximum Gasteiger partial charge on any atom is 0.270 e. The number of anilines is 1. The number of benzene rings is 1. The highest BCUT2D eigenvalue weighted by Crippen LogP contribution is 2.29. The average molecular weight is 291 g/mol. The fourth-order valence-electron chi connectivity index (χ4n) is 3.06. The molecule has 1 aromatic rings. The van der Waals surface area contributed by atoms with Crippen LogP contribution in [0.2, 0.25) is 0 Å². The average Bonchev–Trinajstić information content (AvgIpc) is 2.46. The number of carbonyl (C=O) groups is 1. The van der Waals surface area contributed by atoms with Crippen molar-refractivity contribution in [3.63, 3.8) is 0 Å². The fraction of sp³-hybridized carbons (Fsp3) is 0.533. The molecule has 0 aliphatic heterocycles. The zero-order chi connectivity index (χ0) is 15.6. The van der Waals surface area contributed by atoms with Gasteiger partial charge in [0.05, 0.1) is 10.5 Å². The van der Waals surface area contributed by atoms with Gasteiger partial charge < -0.3 is 10.6 Å². The standard InChI is InChI=1S/C15H21N3O3/c1-10-5-3-4-6-14(10)17(2)15(19)12-9-11(18(20)21)7-8-13(12)16/h7-10,14H,3-6,16H2,1-2H3. The highest BCUT2D eigenvalue weighted by atomic mass is 16.6. The third-order valence-corrected chi connectivity index (χ3v) is 4.36. The summed E-state index contributed by atoms with van der Waals surface area (Å²) in [6.07, 6.45) is 4.38. The second kappa shape index (κ2) is 6.11. The summed E-state index contributed by atoms with van der Waals surface area (Å²) in [4.78, 5) is 24.6. The van der Waals surface area contributed by atoms with Crippen LogP contribution >= 0.6 is 0 Å². The van der Waals surface area contributed by atoms with Crippen molar-refractivity contribution in [3.8, 4) is 0 Å². The molecule has 1 saturated carbocycles. The summed E-state index contributed by atoms with van der Waals surface area (Å²) >= 11 is 0. The van der Waals surface area contributed by atoms with Gasteiger partial charge in [0, 0.05) is 30.9 Å². The molecular formula is C15H21N3O3. The molecule has 1 aromatic carbocycles. The van der Waals surface area contributed by atoms with Crippen LogP contribution in [-0.4, -0.2) is 28.8 Å². The Kier molecular flexibility index (Phi) is 4.45. The lowest BCUT2D eigenvalue weighted by atomic mass is 9.85. The number of nitro groups is 1. The van der Waals surface area contributed by atoms with Gasteiger partial charge in [0.1, 0.15) is 0 Å². The van der Waals surface area contributed by atoms with Gasteiger partial charge in [0.25, 0.3) is 11.6 Å². The van der Waals surface area contributed by atoms with Crippen LogP contribution in [0, 0.1) is 16.0 Å². The number of amides is 1. The van der Waals surface area contributed by atoms with E-state index in [9.17, 15) is 14.9 Å². The van der Waals surface area contributed by atoms with Gasteiger partial charge in [-0.2, -0.15) is 0 Å². The Bertz CT molecular complexity index is 559. The van der Waals surface area contributed by atoms with Crippen LogP contribution in [-0.2, 0) is 0 Å². The highest BCUT2D eigenvalue weighted by molar-refractivity contribution is 5.99. The van der Waals surface area contributed by atoms with Gasteiger partial charge in [-0.15, -0.1) is 0 Å². The van der Waals surface area contributed by atoms with Crippen molar-refractivity contribution in [1.82, 2.24) is 4.90 Å². The predicted molar refractivity (Wildman–Crippen MR) is 81.0 cm³/mol. The summed E-state index contributed by atoms with van der Waals surface area (Å²) in [5, 5.41) is 10.9. The van der Waals surface area contributed by atoms with Crippen LogP contribution in [0.3, 0.4) is 0 Å². The maximum atomic E-state index is 12.6. The number of nitro benzene ring substituents is 1. The van der Waals surface area contributed by atoms with Gasteiger partial charge in [-0.3, -0.25) is 14.9 Å². The molecule has 2 atom stereocenters. The van der Waals surface area contributed by atoms with Crippen LogP contribution in [0.4, 0.5) is 11.4 Å². The van der Waals surface area contributed by atoms with Crippen molar-refractivity contribution in [1.29, 1.82) is 0 Å². The first-order valence-electron chi connectivity index (χ1n) is 7.23. The summed E-state index contributed by atoms with van der Waals surface area (Å²) in [5.41, 5.74) is 6.20. The predicted octanol–water partition coefficient (Wildman–Crippen LogP) is 2.83. The Morgan fingerprint density at radius 3 is 2.67 bits per heavy atom. The summed E-state index contributed by atoms with van der Waals surface area (Å²) < 4.78 is 0. The molecule has 1 fully saturated rings. The largest absolute Gasteiger partial charge is 0.398 e. The van der Waals surface area contributed by atoms with E-state index in [-0.39, 0.29) is 28.9 Å². The normalized spacial score (nSPS) is 21.8. The molecule has 1 aliphatic carbocycles. The van der Waals surface area contributed by atoms with Crippen LogP contribution in [0.5, 0.6) is 0 Å². The highest BCUT2D eigenvalue weighted by Gasteiger charge is 2.29. The summed E-state index contributed by atoms with van der Waals surface area (Å²) in [6.45, 7) is 2.14. The molecule has 2 unspecified atom stereocenters. The van der Waals surface area contributed by atoms with E-state index in [1.54, 1.807) is 11.9 Å². The number of carbonyl (C=O) groups excluding carboxylic acids is 1. The summed E-state index contributed by atoms with van der Waals surface area (Å²) in [5.74, 6) is 0.197. The van der Waals surface area contributed by atoms with E-state index in [4.69, 9.17) is 5.73 Å². The lowest BCUT2D eigenvalue weighted by Crippen LogP contribution is -2.42. The molecule has 0 radical (unpaired) electrons. The van der Waals surface area contributed by atoms with Crippen LogP contribution in [0.25, 0.3) is 0 Å². The molecule has 6 heteroatoms. The zero-order valence-corrected chi connectivity index (χ0v) is 12.4. The van der Waals surface area contributed by atoms with Crippen molar-refractivity contribution in [2.75, 3.05) is 12.8 Å². The number of rotatable bonds is 3. The Balaban J connectivity index is 2.26. The van der Waals surface area contributed by atoms with E-state index < -0.39 is 4.92 Å². The fourth-order valence-corrected chi connectivity index (χ4v) is 3.06. The van der Waals surface area contributed by atoms with E-state index in [1.165, 1.54) is 24.6 Å². The SMILES string of the molecule is CC1CCCCC1N(C)C(=O)c1cc([N+](=O)[O-])ccc1N. The second-order valence-corrected chi connectivity index (χ2v) is 5.77. The van der Waals surface area contributed by atoms with E-state index in [2.05, 4.69) is 6.92 Å². The number of hydrogen-bond donors (Lipinski definition) is 1. The minimum Gasteiger partial charge on any atom is -0.398 e. The van der Waals surface area contributed by atoms with Gasteiger partial charge in [-0.05, 0) is 24.8 Å². The molecule has 0 saturated heterocycles. The number of nitrogens with two attached hydrogens (primary N) is 1. The third kappa shape index (κ3) is 3.15. The topological polar surface area (TPSA) is 89.5 Å². The molecule has 114 valence electrons. The minimum atomic E-state index is -0.514. The van der Waals surface area contributed by atoms with Gasteiger partial charge in [0.2, 0.25) is 0 Å². The van der Waals surface area contributed by atoms with Gasteiger partial charge in [0.15, 0.2) is 0 Å². The quantitative estimate of drug-likeness (QED) is 0.527.